The van der Waals surface area contributed by atoms with Crippen LogP contribution in [0, 0.1) is 0 Å². The third-order valence-corrected chi connectivity index (χ3v) is 2.13. The maximum Gasteiger partial charge on any atom is 0.337 e. The molecule has 0 aromatic carbocycles. The lowest BCUT2D eigenvalue weighted by Gasteiger charge is -2.04. The number of pyridine rings is 1. The fraction of sp³-hybridized carbons (Fsp3) is 0.250. The topological polar surface area (TPSA) is 50.2 Å². The molecule has 0 bridgehead atoms. The molecule has 1 heterocycles. The summed E-state index contributed by atoms with van der Waals surface area (Å²) in [5, 5.41) is 8.92. The molecule has 14 heavy (non-hydrogen) atoms. The van der Waals surface area contributed by atoms with Gasteiger partial charge >= 0.3 is 5.97 Å². The molecule has 0 atom stereocenters. The van der Waals surface area contributed by atoms with Crippen LogP contribution in [0.3, 0.4) is 0 Å². The van der Waals surface area contributed by atoms with Crippen LogP contribution in [0.1, 0.15) is 28.0 Å². The maximum absolute atomic E-state index is 12.2. The predicted molar refractivity (Wildman–Crippen MR) is 48.8 cm³/mol. The zero-order valence-electron chi connectivity index (χ0n) is 6.88. The zero-order chi connectivity index (χ0) is 10.7. The SMILES string of the molecule is O=C(O)c1cc(C(F)F)cnc1CBr. The highest BCUT2D eigenvalue weighted by Gasteiger charge is 2.15. The molecule has 1 aromatic heterocycles. The van der Waals surface area contributed by atoms with E-state index < -0.39 is 12.4 Å². The smallest absolute Gasteiger partial charge is 0.337 e. The Morgan fingerprint density at radius 1 is 1.64 bits per heavy atom. The Hall–Kier alpha value is -1.04. The van der Waals surface area contributed by atoms with Gasteiger partial charge in [0.2, 0.25) is 0 Å². The first-order valence-corrected chi connectivity index (χ1v) is 4.74. The molecule has 0 saturated carbocycles. The van der Waals surface area contributed by atoms with Crippen molar-refractivity contribution in [2.75, 3.05) is 0 Å². The van der Waals surface area contributed by atoms with Crippen LogP contribution in [0.5, 0.6) is 0 Å². The van der Waals surface area contributed by atoms with E-state index in [9.17, 15) is 13.6 Å². The lowest BCUT2D eigenvalue weighted by Crippen LogP contribution is -2.05. The molecular formula is C8H6BrF2NO2. The Morgan fingerprint density at radius 3 is 2.71 bits per heavy atom. The monoisotopic (exact) mass is 265 g/mol. The minimum Gasteiger partial charge on any atom is -0.478 e. The minimum atomic E-state index is -2.70. The molecule has 0 spiro atoms. The lowest BCUT2D eigenvalue weighted by atomic mass is 10.1. The fourth-order valence-electron chi connectivity index (χ4n) is 0.920. The second-order valence-electron chi connectivity index (χ2n) is 2.50. The van der Waals surface area contributed by atoms with Gasteiger partial charge in [0.1, 0.15) is 0 Å². The van der Waals surface area contributed by atoms with E-state index in [0.29, 0.717) is 0 Å². The number of carboxylic acid groups (broad SMARTS) is 1. The third-order valence-electron chi connectivity index (χ3n) is 1.60. The zero-order valence-corrected chi connectivity index (χ0v) is 8.46. The highest BCUT2D eigenvalue weighted by atomic mass is 79.9. The van der Waals surface area contributed by atoms with Gasteiger partial charge in [-0.25, -0.2) is 13.6 Å². The summed E-state index contributed by atoms with van der Waals surface area (Å²) in [6.45, 7) is 0. The second kappa shape index (κ2) is 4.45. The number of carbonyl (C=O) groups is 1. The normalized spacial score (nSPS) is 10.6. The summed E-state index contributed by atoms with van der Waals surface area (Å²) in [6.07, 6.45) is -1.72. The van der Waals surface area contributed by atoms with Gasteiger partial charge in [0, 0.05) is 17.1 Å². The highest BCUT2D eigenvalue weighted by molar-refractivity contribution is 9.08. The number of halogens is 3. The van der Waals surface area contributed by atoms with Gasteiger partial charge in [0.25, 0.3) is 6.43 Å². The average Bonchev–Trinajstić information content (AvgIpc) is 2.16. The summed E-state index contributed by atoms with van der Waals surface area (Å²) in [6, 6.07) is 0.941. The van der Waals surface area contributed by atoms with Crippen molar-refractivity contribution in [3.8, 4) is 0 Å². The Bertz CT molecular complexity index is 357. The number of aromatic carboxylic acids is 1. The number of carboxylic acids is 1. The molecule has 1 aromatic rings. The molecule has 76 valence electrons. The van der Waals surface area contributed by atoms with Crippen molar-refractivity contribution in [3.05, 3.63) is 29.1 Å². The molecule has 0 amide bonds. The van der Waals surface area contributed by atoms with E-state index in [1.54, 1.807) is 0 Å². The van der Waals surface area contributed by atoms with Gasteiger partial charge < -0.3 is 5.11 Å². The largest absolute Gasteiger partial charge is 0.478 e. The van der Waals surface area contributed by atoms with Crippen LogP contribution in [0.15, 0.2) is 12.3 Å². The van der Waals surface area contributed by atoms with Crippen molar-refractivity contribution in [3.63, 3.8) is 0 Å². The Balaban J connectivity index is 3.21. The van der Waals surface area contributed by atoms with Crippen LogP contribution in [-0.4, -0.2) is 16.1 Å². The van der Waals surface area contributed by atoms with E-state index >= 15 is 0 Å². The number of aromatic nitrogens is 1. The van der Waals surface area contributed by atoms with E-state index in [1.807, 2.05) is 0 Å². The number of nitrogens with zero attached hydrogens (tertiary/aromatic N) is 1. The van der Waals surface area contributed by atoms with Gasteiger partial charge in [-0.05, 0) is 6.07 Å². The van der Waals surface area contributed by atoms with Crippen LogP contribution in [0.2, 0.25) is 0 Å². The van der Waals surface area contributed by atoms with Gasteiger partial charge in [-0.15, -0.1) is 0 Å². The number of hydrogen-bond acceptors (Lipinski definition) is 2. The standard InChI is InChI=1S/C8H6BrF2NO2/c9-2-6-5(8(13)14)1-4(3-12-6)7(10)11/h1,3,7H,2H2,(H,13,14). The lowest BCUT2D eigenvalue weighted by molar-refractivity contribution is 0.0695. The van der Waals surface area contributed by atoms with Gasteiger partial charge in [0.05, 0.1) is 11.3 Å². The van der Waals surface area contributed by atoms with E-state index in [2.05, 4.69) is 20.9 Å². The van der Waals surface area contributed by atoms with Crippen LogP contribution in [-0.2, 0) is 5.33 Å². The summed E-state index contributed by atoms with van der Waals surface area (Å²) in [7, 11) is 0. The molecule has 1 N–H and O–H groups in total. The van der Waals surface area contributed by atoms with E-state index in [1.165, 1.54) is 0 Å². The quantitative estimate of drug-likeness (QED) is 0.855. The first-order valence-electron chi connectivity index (χ1n) is 3.62. The van der Waals surface area contributed by atoms with Gasteiger partial charge in [0.15, 0.2) is 0 Å². The van der Waals surface area contributed by atoms with Crippen molar-refractivity contribution in [1.29, 1.82) is 0 Å². The van der Waals surface area contributed by atoms with Crippen molar-refractivity contribution < 1.29 is 18.7 Å². The van der Waals surface area contributed by atoms with Crippen LogP contribution in [0.4, 0.5) is 8.78 Å². The second-order valence-corrected chi connectivity index (χ2v) is 3.06. The summed E-state index contributed by atoms with van der Waals surface area (Å²) >= 11 is 3.02. The van der Waals surface area contributed by atoms with Gasteiger partial charge in [-0.2, -0.15) is 0 Å². The Kier molecular flexibility index (Phi) is 3.51. The van der Waals surface area contributed by atoms with Gasteiger partial charge in [-0.1, -0.05) is 15.9 Å². The molecule has 3 nitrogen and oxygen atoms in total. The first kappa shape index (κ1) is 11.0. The van der Waals surface area contributed by atoms with Crippen molar-refractivity contribution in [2.24, 2.45) is 0 Å². The summed E-state index contributed by atoms with van der Waals surface area (Å²) in [4.78, 5) is 14.3. The first-order chi connectivity index (χ1) is 6.56. The third kappa shape index (κ3) is 2.25. The molecule has 0 aliphatic rings. The van der Waals surface area contributed by atoms with Gasteiger partial charge in [-0.3, -0.25) is 4.98 Å². The van der Waals surface area contributed by atoms with E-state index in [4.69, 9.17) is 5.11 Å². The molecule has 0 radical (unpaired) electrons. The number of alkyl halides is 3. The van der Waals surface area contributed by atoms with E-state index in [0.717, 1.165) is 12.3 Å². The van der Waals surface area contributed by atoms with Crippen molar-refractivity contribution in [1.82, 2.24) is 4.98 Å². The molecule has 0 aliphatic carbocycles. The highest BCUT2D eigenvalue weighted by Crippen LogP contribution is 2.21. The molecule has 1 rings (SSSR count). The summed E-state index contributed by atoms with van der Waals surface area (Å²) in [5.74, 6) is -1.26. The predicted octanol–water partition coefficient (Wildman–Crippen LogP) is 2.61. The van der Waals surface area contributed by atoms with E-state index in [-0.39, 0.29) is 22.2 Å². The Labute approximate surface area is 86.9 Å². The fourth-order valence-corrected chi connectivity index (χ4v) is 1.37. The molecule has 0 fully saturated rings. The average molecular weight is 266 g/mol. The summed E-state index contributed by atoms with van der Waals surface area (Å²) < 4.78 is 24.4. The van der Waals surface area contributed by atoms with Crippen LogP contribution < -0.4 is 0 Å². The van der Waals surface area contributed by atoms with Crippen LogP contribution >= 0.6 is 15.9 Å². The number of hydrogen-bond donors (Lipinski definition) is 1. The molecule has 6 heteroatoms. The molecule has 0 saturated heterocycles. The molecular weight excluding hydrogens is 260 g/mol. The molecule has 0 aliphatic heterocycles. The molecule has 0 unspecified atom stereocenters. The number of rotatable bonds is 3. The summed E-state index contributed by atoms with van der Waals surface area (Å²) in [5.41, 5.74) is -0.339. The minimum absolute atomic E-state index is 0.195. The maximum atomic E-state index is 12.2. The van der Waals surface area contributed by atoms with Crippen molar-refractivity contribution in [2.45, 2.75) is 11.8 Å². The Morgan fingerprint density at radius 2 is 2.29 bits per heavy atom. The van der Waals surface area contributed by atoms with Crippen molar-refractivity contribution >= 4 is 21.9 Å². The van der Waals surface area contributed by atoms with Crippen LogP contribution in [0.25, 0.3) is 0 Å².